The number of methoxy groups -OCH3 is 2. The van der Waals surface area contributed by atoms with Crippen molar-refractivity contribution in [1.82, 2.24) is 5.43 Å². The number of nitrogens with zero attached hydrogens (tertiary/aromatic N) is 1. The van der Waals surface area contributed by atoms with Gasteiger partial charge in [-0.1, -0.05) is 0 Å². The summed E-state index contributed by atoms with van der Waals surface area (Å²) in [5.41, 5.74) is 2.59. The first-order chi connectivity index (χ1) is 11.5. The van der Waals surface area contributed by atoms with Gasteiger partial charge in [-0.05, 0) is 25.1 Å². The van der Waals surface area contributed by atoms with Gasteiger partial charge in [0.1, 0.15) is 5.76 Å². The molecule has 0 unspecified atom stereocenters. The first kappa shape index (κ1) is 17.1. The molecule has 0 spiro atoms. The van der Waals surface area contributed by atoms with Crippen molar-refractivity contribution in [3.63, 3.8) is 0 Å². The SMILES string of the molecule is COc1ccc(/C=N\NC(=O)c2ccoc2C)c(C(=O)[O-])c1OC. The summed E-state index contributed by atoms with van der Waals surface area (Å²) in [5.74, 6) is -1.23. The summed E-state index contributed by atoms with van der Waals surface area (Å²) in [5, 5.41) is 15.1. The van der Waals surface area contributed by atoms with Gasteiger partial charge in [0.2, 0.25) is 0 Å². The Kier molecular flexibility index (Phi) is 5.20. The molecule has 0 saturated heterocycles. The van der Waals surface area contributed by atoms with Crippen molar-refractivity contribution in [3.05, 3.63) is 46.9 Å². The molecule has 1 N–H and O–H groups in total. The van der Waals surface area contributed by atoms with Crippen LogP contribution in [-0.2, 0) is 0 Å². The lowest BCUT2D eigenvalue weighted by Crippen LogP contribution is -2.25. The minimum absolute atomic E-state index is 0.0125. The van der Waals surface area contributed by atoms with Gasteiger partial charge in [0.05, 0.1) is 43.8 Å². The molecule has 126 valence electrons. The number of ether oxygens (including phenoxy) is 2. The summed E-state index contributed by atoms with van der Waals surface area (Å²) in [7, 11) is 2.70. The number of benzene rings is 1. The van der Waals surface area contributed by atoms with Gasteiger partial charge in [-0.15, -0.1) is 0 Å². The van der Waals surface area contributed by atoms with Crippen LogP contribution < -0.4 is 20.0 Å². The molecule has 1 aromatic carbocycles. The van der Waals surface area contributed by atoms with E-state index in [0.29, 0.717) is 11.3 Å². The standard InChI is InChI=1S/C16H16N2O6/c1-9-11(6-7-24-9)15(19)18-17-8-10-4-5-12(22-2)14(23-3)13(10)16(20)21/h4-8H,1-3H3,(H,18,19)(H,20,21)/p-1/b17-8-. The van der Waals surface area contributed by atoms with E-state index in [-0.39, 0.29) is 22.6 Å². The van der Waals surface area contributed by atoms with Gasteiger partial charge >= 0.3 is 0 Å². The maximum absolute atomic E-state index is 11.9. The largest absolute Gasteiger partial charge is 0.545 e. The van der Waals surface area contributed by atoms with Crippen LogP contribution >= 0.6 is 0 Å². The molecule has 2 aromatic rings. The van der Waals surface area contributed by atoms with Gasteiger partial charge in [0.25, 0.3) is 5.91 Å². The molecule has 1 amide bonds. The first-order valence-electron chi connectivity index (χ1n) is 6.83. The number of aromatic carboxylic acids is 1. The number of carboxylic acids is 1. The highest BCUT2D eigenvalue weighted by atomic mass is 16.5. The Morgan fingerprint density at radius 1 is 1.25 bits per heavy atom. The average molecular weight is 331 g/mol. The van der Waals surface area contributed by atoms with E-state index in [0.717, 1.165) is 0 Å². The zero-order valence-corrected chi connectivity index (χ0v) is 13.3. The Bertz CT molecular complexity index is 794. The number of hydrogen-bond donors (Lipinski definition) is 1. The van der Waals surface area contributed by atoms with Crippen LogP contribution in [0, 0.1) is 6.92 Å². The molecule has 0 aliphatic heterocycles. The van der Waals surface area contributed by atoms with Crippen LogP contribution in [0.5, 0.6) is 11.5 Å². The number of amides is 1. The highest BCUT2D eigenvalue weighted by Gasteiger charge is 2.15. The lowest BCUT2D eigenvalue weighted by Gasteiger charge is -2.15. The predicted octanol–water partition coefficient (Wildman–Crippen LogP) is 0.733. The van der Waals surface area contributed by atoms with Crippen molar-refractivity contribution >= 4 is 18.1 Å². The quantitative estimate of drug-likeness (QED) is 0.617. The van der Waals surface area contributed by atoms with E-state index in [1.54, 1.807) is 6.92 Å². The highest BCUT2D eigenvalue weighted by Crippen LogP contribution is 2.32. The fourth-order valence-electron chi connectivity index (χ4n) is 2.10. The topological polar surface area (TPSA) is 113 Å². The van der Waals surface area contributed by atoms with Crippen molar-refractivity contribution in [1.29, 1.82) is 0 Å². The fraction of sp³-hybridized carbons (Fsp3) is 0.188. The molecule has 0 bridgehead atoms. The minimum atomic E-state index is -1.45. The van der Waals surface area contributed by atoms with E-state index in [4.69, 9.17) is 13.9 Å². The molecular weight excluding hydrogens is 316 g/mol. The molecule has 0 radical (unpaired) electrons. The zero-order valence-electron chi connectivity index (χ0n) is 13.3. The summed E-state index contributed by atoms with van der Waals surface area (Å²) in [6.07, 6.45) is 2.57. The third-order valence-corrected chi connectivity index (χ3v) is 3.26. The molecule has 1 heterocycles. The molecule has 24 heavy (non-hydrogen) atoms. The molecule has 0 fully saturated rings. The molecule has 8 heteroatoms. The minimum Gasteiger partial charge on any atom is -0.545 e. The van der Waals surface area contributed by atoms with Crippen LogP contribution in [0.3, 0.4) is 0 Å². The summed E-state index contributed by atoms with van der Waals surface area (Å²) >= 11 is 0. The van der Waals surface area contributed by atoms with E-state index >= 15 is 0 Å². The summed E-state index contributed by atoms with van der Waals surface area (Å²) in [6.45, 7) is 1.64. The Labute approximate surface area is 137 Å². The lowest BCUT2D eigenvalue weighted by atomic mass is 10.1. The summed E-state index contributed by atoms with van der Waals surface area (Å²) in [6, 6.07) is 4.49. The second-order valence-electron chi connectivity index (χ2n) is 4.64. The first-order valence-corrected chi connectivity index (χ1v) is 6.83. The molecule has 0 saturated carbocycles. The van der Waals surface area contributed by atoms with Gasteiger partial charge < -0.3 is 23.8 Å². The number of carbonyl (C=O) groups is 2. The van der Waals surface area contributed by atoms with Crippen molar-refractivity contribution in [2.75, 3.05) is 14.2 Å². The highest BCUT2D eigenvalue weighted by molar-refractivity contribution is 6.01. The number of carboxylic acid groups (broad SMARTS) is 1. The van der Waals surface area contributed by atoms with Crippen LogP contribution in [0.1, 0.15) is 32.0 Å². The van der Waals surface area contributed by atoms with Crippen molar-refractivity contribution in [2.24, 2.45) is 5.10 Å². The molecule has 2 rings (SSSR count). The monoisotopic (exact) mass is 331 g/mol. The normalized spacial score (nSPS) is 10.6. The number of hydrogen-bond acceptors (Lipinski definition) is 7. The Morgan fingerprint density at radius 2 is 2.00 bits per heavy atom. The van der Waals surface area contributed by atoms with Gasteiger partial charge in [0.15, 0.2) is 11.5 Å². The van der Waals surface area contributed by atoms with Gasteiger partial charge in [-0.3, -0.25) is 4.79 Å². The summed E-state index contributed by atoms with van der Waals surface area (Å²) in [4.78, 5) is 23.3. The van der Waals surface area contributed by atoms with Gasteiger partial charge in [-0.2, -0.15) is 5.10 Å². The third-order valence-electron chi connectivity index (χ3n) is 3.26. The zero-order chi connectivity index (χ0) is 17.7. The van der Waals surface area contributed by atoms with Crippen LogP contribution in [-0.4, -0.2) is 32.3 Å². The maximum Gasteiger partial charge on any atom is 0.274 e. The second kappa shape index (κ2) is 7.32. The number of aryl methyl sites for hydroxylation is 1. The van der Waals surface area contributed by atoms with Crippen LogP contribution in [0.2, 0.25) is 0 Å². The number of nitrogens with one attached hydrogen (secondary N) is 1. The van der Waals surface area contributed by atoms with Crippen LogP contribution in [0.15, 0.2) is 34.0 Å². The third kappa shape index (κ3) is 3.37. The van der Waals surface area contributed by atoms with Gasteiger partial charge in [0, 0.05) is 5.56 Å². The van der Waals surface area contributed by atoms with E-state index in [9.17, 15) is 14.7 Å². The number of hydrazone groups is 1. The average Bonchev–Trinajstić information content (AvgIpc) is 2.99. The van der Waals surface area contributed by atoms with Crippen molar-refractivity contribution < 1.29 is 28.6 Å². The maximum atomic E-state index is 11.9. The van der Waals surface area contributed by atoms with Crippen molar-refractivity contribution in [3.8, 4) is 11.5 Å². The van der Waals surface area contributed by atoms with Crippen molar-refractivity contribution in [2.45, 2.75) is 6.92 Å². The second-order valence-corrected chi connectivity index (χ2v) is 4.64. The molecule has 0 atom stereocenters. The summed E-state index contributed by atoms with van der Waals surface area (Å²) < 4.78 is 15.1. The number of carbonyl (C=O) groups excluding carboxylic acids is 2. The predicted molar refractivity (Wildman–Crippen MR) is 82.4 cm³/mol. The number of furan rings is 1. The number of rotatable bonds is 6. The fourth-order valence-corrected chi connectivity index (χ4v) is 2.10. The van der Waals surface area contributed by atoms with Gasteiger partial charge in [-0.25, -0.2) is 5.43 Å². The Morgan fingerprint density at radius 3 is 2.54 bits per heavy atom. The molecule has 8 nitrogen and oxygen atoms in total. The van der Waals surface area contributed by atoms with E-state index in [2.05, 4.69) is 10.5 Å². The van der Waals surface area contributed by atoms with E-state index < -0.39 is 11.9 Å². The lowest BCUT2D eigenvalue weighted by molar-refractivity contribution is -0.255. The smallest absolute Gasteiger partial charge is 0.274 e. The Balaban J connectivity index is 2.27. The van der Waals surface area contributed by atoms with Crippen LogP contribution in [0.25, 0.3) is 0 Å². The molecule has 0 aliphatic carbocycles. The molecule has 0 aliphatic rings. The van der Waals surface area contributed by atoms with E-state index in [1.165, 1.54) is 44.9 Å². The van der Waals surface area contributed by atoms with Crippen LogP contribution in [0.4, 0.5) is 0 Å². The molecular formula is C16H15N2O6-. The molecule has 1 aromatic heterocycles. The van der Waals surface area contributed by atoms with E-state index in [1.807, 2.05) is 0 Å². The Hall–Kier alpha value is -3.29.